The Hall–Kier alpha value is -1.35. The fourth-order valence-electron chi connectivity index (χ4n) is 1.69. The van der Waals surface area contributed by atoms with E-state index in [0.29, 0.717) is 5.56 Å². The van der Waals surface area contributed by atoms with Crippen molar-refractivity contribution in [2.45, 2.75) is 9.24 Å². The van der Waals surface area contributed by atoms with E-state index in [1.165, 1.54) is 16.5 Å². The van der Waals surface area contributed by atoms with Gasteiger partial charge in [0.05, 0.1) is 15.8 Å². The summed E-state index contributed by atoms with van der Waals surface area (Å²) in [6.45, 7) is 0. The standard InChI is InChI=1S/C14H7BrN2S2/c15-10-4-3-7-12(9(10)8-16)18-14-17-11-5-1-2-6-13(11)19-14/h1-7H. The normalized spacial score (nSPS) is 10.5. The Kier molecular flexibility index (Phi) is 3.56. The summed E-state index contributed by atoms with van der Waals surface area (Å²) in [5.74, 6) is 0. The van der Waals surface area contributed by atoms with Crippen LogP contribution in [0.1, 0.15) is 5.56 Å². The second-order valence-corrected chi connectivity index (χ2v) is 6.95. The van der Waals surface area contributed by atoms with Gasteiger partial charge < -0.3 is 0 Å². The fourth-order valence-corrected chi connectivity index (χ4v) is 4.41. The van der Waals surface area contributed by atoms with E-state index in [9.17, 15) is 5.26 Å². The van der Waals surface area contributed by atoms with Gasteiger partial charge in [-0.3, -0.25) is 0 Å². The molecule has 0 radical (unpaired) electrons. The predicted molar refractivity (Wildman–Crippen MR) is 82.6 cm³/mol. The monoisotopic (exact) mass is 346 g/mol. The molecule has 3 rings (SSSR count). The molecule has 2 aromatic carbocycles. The van der Waals surface area contributed by atoms with Crippen molar-refractivity contribution in [2.24, 2.45) is 0 Å². The van der Waals surface area contributed by atoms with Gasteiger partial charge in [-0.1, -0.05) is 30.0 Å². The summed E-state index contributed by atoms with van der Waals surface area (Å²) >= 11 is 6.58. The molecule has 0 aliphatic carbocycles. The summed E-state index contributed by atoms with van der Waals surface area (Å²) < 4.78 is 2.94. The van der Waals surface area contributed by atoms with Crippen LogP contribution in [0.25, 0.3) is 10.2 Å². The second-order valence-electron chi connectivity index (χ2n) is 3.77. The Balaban J connectivity index is 2.02. The zero-order valence-electron chi connectivity index (χ0n) is 9.63. The first-order valence-electron chi connectivity index (χ1n) is 5.50. The van der Waals surface area contributed by atoms with Gasteiger partial charge in [0.2, 0.25) is 0 Å². The second kappa shape index (κ2) is 5.33. The molecule has 5 heteroatoms. The molecule has 3 aromatic rings. The van der Waals surface area contributed by atoms with Crippen LogP contribution in [0.2, 0.25) is 0 Å². The van der Waals surface area contributed by atoms with Crippen LogP contribution in [-0.2, 0) is 0 Å². The Morgan fingerprint density at radius 3 is 2.79 bits per heavy atom. The number of nitriles is 1. The lowest BCUT2D eigenvalue weighted by atomic mass is 10.2. The molecular weight excluding hydrogens is 340 g/mol. The topological polar surface area (TPSA) is 36.7 Å². The zero-order chi connectivity index (χ0) is 13.2. The smallest absolute Gasteiger partial charge is 0.155 e. The Morgan fingerprint density at radius 1 is 1.16 bits per heavy atom. The Labute approximate surface area is 127 Å². The van der Waals surface area contributed by atoms with Gasteiger partial charge in [-0.25, -0.2) is 4.98 Å². The molecule has 0 bridgehead atoms. The lowest BCUT2D eigenvalue weighted by molar-refractivity contribution is 1.28. The summed E-state index contributed by atoms with van der Waals surface area (Å²) in [7, 11) is 0. The SMILES string of the molecule is N#Cc1c(Br)cccc1Sc1nc2ccccc2s1. The number of nitrogens with zero attached hydrogens (tertiary/aromatic N) is 2. The van der Waals surface area contributed by atoms with Crippen molar-refractivity contribution >= 4 is 49.2 Å². The third-order valence-corrected chi connectivity index (χ3v) is 5.38. The van der Waals surface area contributed by atoms with Crippen molar-refractivity contribution in [3.8, 4) is 6.07 Å². The maximum absolute atomic E-state index is 9.21. The minimum absolute atomic E-state index is 0.659. The van der Waals surface area contributed by atoms with Crippen molar-refractivity contribution in [1.29, 1.82) is 5.26 Å². The van der Waals surface area contributed by atoms with Crippen LogP contribution in [0.4, 0.5) is 0 Å². The number of rotatable bonds is 2. The number of aromatic nitrogens is 1. The summed E-state index contributed by atoms with van der Waals surface area (Å²) in [6, 6.07) is 16.0. The summed E-state index contributed by atoms with van der Waals surface area (Å²) in [6.07, 6.45) is 0. The maximum Gasteiger partial charge on any atom is 0.155 e. The first-order valence-corrected chi connectivity index (χ1v) is 7.92. The summed E-state index contributed by atoms with van der Waals surface area (Å²) in [4.78, 5) is 5.50. The first kappa shape index (κ1) is 12.7. The highest BCUT2D eigenvalue weighted by Crippen LogP contribution is 2.37. The van der Waals surface area contributed by atoms with Gasteiger partial charge in [0.25, 0.3) is 0 Å². The first-order chi connectivity index (χ1) is 9.28. The molecule has 0 amide bonds. The molecule has 92 valence electrons. The lowest BCUT2D eigenvalue weighted by Gasteiger charge is -2.02. The molecule has 0 fully saturated rings. The van der Waals surface area contributed by atoms with Crippen LogP contribution in [0, 0.1) is 11.3 Å². The highest BCUT2D eigenvalue weighted by Gasteiger charge is 2.10. The zero-order valence-corrected chi connectivity index (χ0v) is 12.8. The molecule has 0 unspecified atom stereocenters. The van der Waals surface area contributed by atoms with Gasteiger partial charge in [-0.15, -0.1) is 11.3 Å². The number of thiazole rings is 1. The quantitative estimate of drug-likeness (QED) is 0.648. The predicted octanol–water partition coefficient (Wildman–Crippen LogP) is 5.08. The number of fused-ring (bicyclic) bond motifs is 1. The molecule has 0 spiro atoms. The maximum atomic E-state index is 9.21. The summed E-state index contributed by atoms with van der Waals surface area (Å²) in [5.41, 5.74) is 1.66. The van der Waals surface area contributed by atoms with Crippen LogP contribution < -0.4 is 0 Å². The Bertz CT molecular complexity index is 756. The minimum Gasteiger partial charge on any atom is -0.229 e. The largest absolute Gasteiger partial charge is 0.229 e. The number of halogens is 1. The third kappa shape index (κ3) is 2.52. The van der Waals surface area contributed by atoms with Crippen LogP contribution in [-0.4, -0.2) is 4.98 Å². The molecule has 19 heavy (non-hydrogen) atoms. The van der Waals surface area contributed by atoms with Crippen LogP contribution >= 0.6 is 39.0 Å². The molecule has 0 saturated heterocycles. The van der Waals surface area contributed by atoms with Gasteiger partial charge in [-0.05, 0) is 40.2 Å². The molecular formula is C14H7BrN2S2. The average Bonchev–Trinajstić information content (AvgIpc) is 2.81. The molecule has 0 atom stereocenters. The minimum atomic E-state index is 0.659. The highest BCUT2D eigenvalue weighted by molar-refractivity contribution is 9.10. The third-order valence-electron chi connectivity index (χ3n) is 2.56. The van der Waals surface area contributed by atoms with Gasteiger partial charge in [0, 0.05) is 9.37 Å². The van der Waals surface area contributed by atoms with E-state index in [0.717, 1.165) is 19.2 Å². The Morgan fingerprint density at radius 2 is 2.00 bits per heavy atom. The van der Waals surface area contributed by atoms with Gasteiger partial charge >= 0.3 is 0 Å². The average molecular weight is 347 g/mol. The van der Waals surface area contributed by atoms with Crippen LogP contribution in [0.15, 0.2) is 56.2 Å². The molecule has 0 N–H and O–H groups in total. The molecule has 0 saturated carbocycles. The van der Waals surface area contributed by atoms with E-state index in [1.54, 1.807) is 11.3 Å². The fraction of sp³-hybridized carbons (Fsp3) is 0. The van der Waals surface area contributed by atoms with Gasteiger partial charge in [-0.2, -0.15) is 5.26 Å². The van der Waals surface area contributed by atoms with Crippen molar-refractivity contribution < 1.29 is 0 Å². The molecule has 0 aliphatic heterocycles. The number of hydrogen-bond donors (Lipinski definition) is 0. The number of hydrogen-bond acceptors (Lipinski definition) is 4. The molecule has 2 nitrogen and oxygen atoms in total. The van der Waals surface area contributed by atoms with Crippen LogP contribution in [0.5, 0.6) is 0 Å². The number of benzene rings is 2. The molecule has 0 aliphatic rings. The lowest BCUT2D eigenvalue weighted by Crippen LogP contribution is -1.82. The van der Waals surface area contributed by atoms with Gasteiger partial charge in [0.15, 0.2) is 4.34 Å². The van der Waals surface area contributed by atoms with Crippen molar-refractivity contribution in [3.63, 3.8) is 0 Å². The van der Waals surface area contributed by atoms with E-state index in [4.69, 9.17) is 0 Å². The van der Waals surface area contributed by atoms with E-state index in [2.05, 4.69) is 33.0 Å². The molecule has 1 aromatic heterocycles. The van der Waals surface area contributed by atoms with E-state index in [-0.39, 0.29) is 0 Å². The van der Waals surface area contributed by atoms with Crippen molar-refractivity contribution in [3.05, 3.63) is 52.5 Å². The van der Waals surface area contributed by atoms with Crippen LogP contribution in [0.3, 0.4) is 0 Å². The number of para-hydroxylation sites is 1. The van der Waals surface area contributed by atoms with E-state index >= 15 is 0 Å². The van der Waals surface area contributed by atoms with Crippen molar-refractivity contribution in [2.75, 3.05) is 0 Å². The summed E-state index contributed by atoms with van der Waals surface area (Å²) in [5, 5.41) is 9.21. The van der Waals surface area contributed by atoms with Gasteiger partial charge in [0.1, 0.15) is 6.07 Å². The van der Waals surface area contributed by atoms with Crippen molar-refractivity contribution in [1.82, 2.24) is 4.98 Å². The molecule has 1 heterocycles. The highest BCUT2D eigenvalue weighted by atomic mass is 79.9. The van der Waals surface area contributed by atoms with E-state index in [1.807, 2.05) is 36.4 Å². The van der Waals surface area contributed by atoms with E-state index < -0.39 is 0 Å².